The van der Waals surface area contributed by atoms with E-state index < -0.39 is 0 Å². The van der Waals surface area contributed by atoms with Gasteiger partial charge in [0.15, 0.2) is 0 Å². The van der Waals surface area contributed by atoms with E-state index in [0.717, 1.165) is 12.1 Å². The Kier molecular flexibility index (Phi) is 5.49. The number of amides is 2. The van der Waals surface area contributed by atoms with Crippen molar-refractivity contribution in [2.24, 2.45) is 0 Å². The Hall–Kier alpha value is -1.55. The normalized spacial score (nSPS) is 12.2. The molecule has 0 unspecified atom stereocenters. The summed E-state index contributed by atoms with van der Waals surface area (Å²) in [5, 5.41) is 5.72. The molecule has 0 fully saturated rings. The number of urea groups is 1. The molecule has 1 atom stereocenters. The van der Waals surface area contributed by atoms with Crippen molar-refractivity contribution in [3.63, 3.8) is 0 Å². The maximum atomic E-state index is 11.6. The largest absolute Gasteiger partial charge is 0.338 e. The second-order valence-corrected chi connectivity index (χ2v) is 4.23. The number of hydrogen-bond acceptors (Lipinski definition) is 2. The minimum absolute atomic E-state index is 0.0118. The third-order valence-electron chi connectivity index (χ3n) is 2.39. The molecule has 0 heterocycles. The van der Waals surface area contributed by atoms with E-state index in [1.807, 2.05) is 51.4 Å². The quantitative estimate of drug-likeness (QED) is 0.814. The lowest BCUT2D eigenvalue weighted by atomic mass is 10.1. The molecular weight excluding hydrogens is 214 g/mol. The van der Waals surface area contributed by atoms with Crippen molar-refractivity contribution in [1.82, 2.24) is 15.5 Å². The number of nitrogens with one attached hydrogen (secondary N) is 2. The van der Waals surface area contributed by atoms with Gasteiger partial charge in [-0.3, -0.25) is 0 Å². The van der Waals surface area contributed by atoms with E-state index in [-0.39, 0.29) is 12.1 Å². The Balaban J connectivity index is 2.70. The standard InChI is InChI=1S/C13H21N3O/c1-4-14-13(17)15-12(10-16(2)3)11-8-6-5-7-9-11/h5-9,12H,4,10H2,1-3H3,(H2,14,15,17)/t12-/m1/s1. The third kappa shape index (κ3) is 4.87. The van der Waals surface area contributed by atoms with Crippen molar-refractivity contribution in [3.05, 3.63) is 35.9 Å². The van der Waals surface area contributed by atoms with Crippen molar-refractivity contribution >= 4 is 6.03 Å². The van der Waals surface area contributed by atoms with Crippen molar-refractivity contribution in [3.8, 4) is 0 Å². The van der Waals surface area contributed by atoms with Crippen LogP contribution in [0.2, 0.25) is 0 Å². The highest BCUT2D eigenvalue weighted by molar-refractivity contribution is 5.74. The highest BCUT2D eigenvalue weighted by Gasteiger charge is 2.14. The first-order valence-electron chi connectivity index (χ1n) is 5.87. The zero-order valence-electron chi connectivity index (χ0n) is 10.7. The molecule has 2 N–H and O–H groups in total. The van der Waals surface area contributed by atoms with Crippen LogP contribution in [0.5, 0.6) is 0 Å². The molecule has 4 nitrogen and oxygen atoms in total. The molecule has 1 aromatic carbocycles. The van der Waals surface area contributed by atoms with Crippen LogP contribution in [-0.4, -0.2) is 38.1 Å². The summed E-state index contributed by atoms with van der Waals surface area (Å²) in [6.07, 6.45) is 0. The van der Waals surface area contributed by atoms with Crippen LogP contribution < -0.4 is 10.6 Å². The van der Waals surface area contributed by atoms with E-state index >= 15 is 0 Å². The Morgan fingerprint density at radius 3 is 2.47 bits per heavy atom. The minimum Gasteiger partial charge on any atom is -0.338 e. The molecule has 17 heavy (non-hydrogen) atoms. The maximum Gasteiger partial charge on any atom is 0.315 e. The Morgan fingerprint density at radius 1 is 1.29 bits per heavy atom. The summed E-state index contributed by atoms with van der Waals surface area (Å²) in [4.78, 5) is 13.6. The molecule has 0 aliphatic rings. The molecule has 0 bridgehead atoms. The van der Waals surface area contributed by atoms with Crippen LogP contribution in [0.15, 0.2) is 30.3 Å². The number of hydrogen-bond donors (Lipinski definition) is 2. The van der Waals surface area contributed by atoms with Gasteiger partial charge < -0.3 is 15.5 Å². The maximum absolute atomic E-state index is 11.6. The van der Waals surface area contributed by atoms with Gasteiger partial charge in [-0.1, -0.05) is 30.3 Å². The van der Waals surface area contributed by atoms with E-state index in [4.69, 9.17) is 0 Å². The lowest BCUT2D eigenvalue weighted by Crippen LogP contribution is -2.41. The van der Waals surface area contributed by atoms with Crippen molar-refractivity contribution in [2.45, 2.75) is 13.0 Å². The number of carbonyl (C=O) groups excluding carboxylic acids is 1. The number of nitrogens with zero attached hydrogens (tertiary/aromatic N) is 1. The molecule has 0 spiro atoms. The summed E-state index contributed by atoms with van der Waals surface area (Å²) >= 11 is 0. The van der Waals surface area contributed by atoms with Crippen LogP contribution in [0.3, 0.4) is 0 Å². The molecule has 4 heteroatoms. The lowest BCUT2D eigenvalue weighted by Gasteiger charge is -2.22. The molecule has 0 saturated heterocycles. The van der Waals surface area contributed by atoms with Gasteiger partial charge in [-0.2, -0.15) is 0 Å². The fourth-order valence-electron chi connectivity index (χ4n) is 1.65. The van der Waals surface area contributed by atoms with Crippen LogP contribution in [0.25, 0.3) is 0 Å². The van der Waals surface area contributed by atoms with E-state index in [1.165, 1.54) is 0 Å². The van der Waals surface area contributed by atoms with Crippen molar-refractivity contribution < 1.29 is 4.79 Å². The molecule has 0 aliphatic heterocycles. The Labute approximate surface area is 103 Å². The van der Waals surface area contributed by atoms with Gasteiger partial charge in [-0.05, 0) is 26.6 Å². The lowest BCUT2D eigenvalue weighted by molar-refractivity contribution is 0.233. The molecule has 0 aromatic heterocycles. The number of likely N-dealkylation sites (N-methyl/N-ethyl adjacent to an activating group) is 1. The van der Waals surface area contributed by atoms with E-state index in [1.54, 1.807) is 0 Å². The summed E-state index contributed by atoms with van der Waals surface area (Å²) < 4.78 is 0. The van der Waals surface area contributed by atoms with E-state index in [0.29, 0.717) is 6.54 Å². The molecule has 1 aromatic rings. The molecular formula is C13H21N3O. The van der Waals surface area contributed by atoms with Gasteiger partial charge in [-0.15, -0.1) is 0 Å². The second-order valence-electron chi connectivity index (χ2n) is 4.23. The fourth-order valence-corrected chi connectivity index (χ4v) is 1.65. The molecule has 0 aliphatic carbocycles. The van der Waals surface area contributed by atoms with Gasteiger partial charge in [-0.25, -0.2) is 4.79 Å². The fraction of sp³-hybridized carbons (Fsp3) is 0.462. The zero-order valence-corrected chi connectivity index (χ0v) is 10.7. The van der Waals surface area contributed by atoms with Gasteiger partial charge in [0.2, 0.25) is 0 Å². The van der Waals surface area contributed by atoms with Gasteiger partial charge in [0, 0.05) is 13.1 Å². The number of rotatable bonds is 5. The van der Waals surface area contributed by atoms with Crippen molar-refractivity contribution in [1.29, 1.82) is 0 Å². The van der Waals surface area contributed by atoms with Crippen LogP contribution in [0.1, 0.15) is 18.5 Å². The SMILES string of the molecule is CCNC(=O)N[C@H](CN(C)C)c1ccccc1. The van der Waals surface area contributed by atoms with Gasteiger partial charge in [0.1, 0.15) is 0 Å². The predicted octanol–water partition coefficient (Wildman–Crippen LogP) is 1.61. The molecule has 1 rings (SSSR count). The van der Waals surface area contributed by atoms with Crippen LogP contribution in [-0.2, 0) is 0 Å². The van der Waals surface area contributed by atoms with Gasteiger partial charge in [0.05, 0.1) is 6.04 Å². The van der Waals surface area contributed by atoms with Crippen LogP contribution >= 0.6 is 0 Å². The highest BCUT2D eigenvalue weighted by Crippen LogP contribution is 2.12. The topological polar surface area (TPSA) is 44.4 Å². The first-order chi connectivity index (χ1) is 8.13. The molecule has 0 radical (unpaired) electrons. The van der Waals surface area contributed by atoms with Gasteiger partial charge >= 0.3 is 6.03 Å². The summed E-state index contributed by atoms with van der Waals surface area (Å²) in [5.74, 6) is 0. The van der Waals surface area contributed by atoms with Crippen molar-refractivity contribution in [2.75, 3.05) is 27.2 Å². The van der Waals surface area contributed by atoms with Crippen LogP contribution in [0, 0.1) is 0 Å². The monoisotopic (exact) mass is 235 g/mol. The first-order valence-corrected chi connectivity index (χ1v) is 5.87. The average molecular weight is 235 g/mol. The summed E-state index contributed by atoms with van der Waals surface area (Å²) in [7, 11) is 3.99. The smallest absolute Gasteiger partial charge is 0.315 e. The number of benzene rings is 1. The van der Waals surface area contributed by atoms with Crippen LogP contribution in [0.4, 0.5) is 4.79 Å². The summed E-state index contributed by atoms with van der Waals surface area (Å²) in [6, 6.07) is 9.89. The molecule has 2 amide bonds. The Morgan fingerprint density at radius 2 is 1.94 bits per heavy atom. The third-order valence-corrected chi connectivity index (χ3v) is 2.39. The average Bonchev–Trinajstić information content (AvgIpc) is 2.29. The van der Waals surface area contributed by atoms with Gasteiger partial charge in [0.25, 0.3) is 0 Å². The first kappa shape index (κ1) is 13.5. The second kappa shape index (κ2) is 6.91. The Bertz CT molecular complexity index is 338. The number of carbonyl (C=O) groups is 1. The highest BCUT2D eigenvalue weighted by atomic mass is 16.2. The molecule has 94 valence electrons. The minimum atomic E-state index is -0.122. The predicted molar refractivity (Wildman–Crippen MR) is 69.9 cm³/mol. The van der Waals surface area contributed by atoms with E-state index in [2.05, 4.69) is 15.5 Å². The zero-order chi connectivity index (χ0) is 12.7. The summed E-state index contributed by atoms with van der Waals surface area (Å²) in [5.41, 5.74) is 1.12. The van der Waals surface area contributed by atoms with E-state index in [9.17, 15) is 4.79 Å². The summed E-state index contributed by atoms with van der Waals surface area (Å²) in [6.45, 7) is 3.32. The molecule has 0 saturated carbocycles.